The Balaban J connectivity index is 2.06. The van der Waals surface area contributed by atoms with Crippen molar-refractivity contribution in [2.75, 3.05) is 11.4 Å². The summed E-state index contributed by atoms with van der Waals surface area (Å²) >= 11 is 0. The maximum atomic E-state index is 14.1. The topological polar surface area (TPSA) is 40.6 Å². The van der Waals surface area contributed by atoms with Gasteiger partial charge >= 0.3 is 0 Å². The lowest BCUT2D eigenvalue weighted by Gasteiger charge is -2.40. The number of nitrogens with zero attached hydrogens (tertiary/aromatic N) is 2. The molecule has 2 amide bonds. The second-order valence-corrected chi connectivity index (χ2v) is 5.63. The zero-order chi connectivity index (χ0) is 15.3. The fourth-order valence-electron chi connectivity index (χ4n) is 3.14. The van der Waals surface area contributed by atoms with Crippen molar-refractivity contribution in [2.24, 2.45) is 0 Å². The van der Waals surface area contributed by atoms with Crippen molar-refractivity contribution in [1.29, 1.82) is 0 Å². The van der Waals surface area contributed by atoms with E-state index in [1.165, 1.54) is 6.92 Å². The van der Waals surface area contributed by atoms with Gasteiger partial charge in [-0.2, -0.15) is 0 Å². The van der Waals surface area contributed by atoms with Gasteiger partial charge in [-0.1, -0.05) is 0 Å². The molecule has 0 aromatic heterocycles. The number of aryl methyl sites for hydroxylation is 1. The highest BCUT2D eigenvalue weighted by atomic mass is 19.1. The van der Waals surface area contributed by atoms with Crippen LogP contribution in [0.3, 0.4) is 0 Å². The fourth-order valence-corrected chi connectivity index (χ4v) is 3.14. The minimum atomic E-state index is -0.816. The zero-order valence-electron chi connectivity index (χ0n) is 11.9. The second-order valence-electron chi connectivity index (χ2n) is 5.63. The molecule has 0 bridgehead atoms. The number of anilines is 1. The molecule has 1 aromatic carbocycles. The molecule has 1 aromatic rings. The summed E-state index contributed by atoms with van der Waals surface area (Å²) in [6, 6.07) is 0.688. The third-order valence-electron chi connectivity index (χ3n) is 4.29. The van der Waals surface area contributed by atoms with Crippen LogP contribution in [0.4, 0.5) is 14.5 Å². The molecule has 3 rings (SSSR count). The first-order valence-corrected chi connectivity index (χ1v) is 7.01. The summed E-state index contributed by atoms with van der Waals surface area (Å²) in [5.41, 5.74) is 0.0117. The highest BCUT2D eigenvalue weighted by molar-refractivity contribution is 6.08. The average molecular weight is 294 g/mol. The predicted molar refractivity (Wildman–Crippen MR) is 72.8 cm³/mol. The Morgan fingerprint density at radius 3 is 2.57 bits per heavy atom. The molecule has 4 nitrogen and oxygen atoms in total. The van der Waals surface area contributed by atoms with Crippen LogP contribution in [0, 0.1) is 18.6 Å². The van der Waals surface area contributed by atoms with Gasteiger partial charge in [-0.05, 0) is 38.3 Å². The largest absolute Gasteiger partial charge is 0.329 e. The highest BCUT2D eigenvalue weighted by Crippen LogP contribution is 2.32. The number of amides is 2. The molecule has 2 atom stereocenters. The van der Waals surface area contributed by atoms with Gasteiger partial charge < -0.3 is 4.90 Å². The third-order valence-corrected chi connectivity index (χ3v) is 4.29. The van der Waals surface area contributed by atoms with Crippen molar-refractivity contribution in [3.8, 4) is 0 Å². The normalized spacial score (nSPS) is 25.5. The molecular weight excluding hydrogens is 278 g/mol. The summed E-state index contributed by atoms with van der Waals surface area (Å²) in [6.45, 7) is 3.55. The summed E-state index contributed by atoms with van der Waals surface area (Å²) in [5.74, 6) is -1.82. The SMILES string of the molecule is Cc1cc(F)c(N2C(=O)C3CCCN3C(=O)C2C)cc1F. The molecule has 0 spiro atoms. The molecule has 6 heteroatoms. The van der Waals surface area contributed by atoms with Gasteiger partial charge in [-0.15, -0.1) is 0 Å². The van der Waals surface area contributed by atoms with Gasteiger partial charge in [0.05, 0.1) is 5.69 Å². The predicted octanol–water partition coefficient (Wildman–Crippen LogP) is 2.00. The van der Waals surface area contributed by atoms with Crippen molar-refractivity contribution in [3.05, 3.63) is 29.3 Å². The molecule has 2 fully saturated rings. The quantitative estimate of drug-likeness (QED) is 0.795. The Bertz CT molecular complexity index is 632. The number of carbonyl (C=O) groups excluding carboxylic acids is 2. The van der Waals surface area contributed by atoms with E-state index in [-0.39, 0.29) is 23.1 Å². The van der Waals surface area contributed by atoms with Crippen molar-refractivity contribution in [3.63, 3.8) is 0 Å². The molecule has 2 unspecified atom stereocenters. The number of piperazine rings is 1. The molecule has 0 radical (unpaired) electrons. The Labute approximate surface area is 121 Å². The second kappa shape index (κ2) is 4.79. The smallest absolute Gasteiger partial charge is 0.250 e. The van der Waals surface area contributed by atoms with Crippen molar-refractivity contribution < 1.29 is 18.4 Å². The van der Waals surface area contributed by atoms with Crippen LogP contribution < -0.4 is 4.90 Å². The van der Waals surface area contributed by atoms with E-state index in [1.807, 2.05) is 0 Å². The van der Waals surface area contributed by atoms with Crippen LogP contribution >= 0.6 is 0 Å². The Morgan fingerprint density at radius 2 is 1.86 bits per heavy atom. The number of fused-ring (bicyclic) bond motifs is 1. The molecule has 0 saturated carbocycles. The number of hydrogen-bond donors (Lipinski definition) is 0. The molecule has 21 heavy (non-hydrogen) atoms. The standard InChI is InChI=1S/C15H16F2N2O2/c1-8-6-11(17)13(7-10(8)16)19-9(2)14(20)18-5-3-4-12(18)15(19)21/h6-7,9,12H,3-5H2,1-2H3. The number of hydrogen-bond acceptors (Lipinski definition) is 2. The van der Waals surface area contributed by atoms with E-state index in [2.05, 4.69) is 0 Å². The Morgan fingerprint density at radius 1 is 1.14 bits per heavy atom. The molecule has 2 heterocycles. The monoisotopic (exact) mass is 294 g/mol. The van der Waals surface area contributed by atoms with Crippen LogP contribution in [0.2, 0.25) is 0 Å². The van der Waals surface area contributed by atoms with E-state index in [1.54, 1.807) is 11.8 Å². The molecule has 0 N–H and O–H groups in total. The Hall–Kier alpha value is -1.98. The number of carbonyl (C=O) groups is 2. The van der Waals surface area contributed by atoms with Gasteiger partial charge in [0.15, 0.2) is 0 Å². The van der Waals surface area contributed by atoms with Gasteiger partial charge in [-0.3, -0.25) is 14.5 Å². The summed E-state index contributed by atoms with van der Waals surface area (Å²) in [5, 5.41) is 0. The van der Waals surface area contributed by atoms with Gasteiger partial charge in [0.1, 0.15) is 23.7 Å². The van der Waals surface area contributed by atoms with Crippen LogP contribution in [0.25, 0.3) is 0 Å². The Kier molecular flexibility index (Phi) is 3.19. The molecule has 2 saturated heterocycles. The summed E-state index contributed by atoms with van der Waals surface area (Å²) in [4.78, 5) is 27.5. The lowest BCUT2D eigenvalue weighted by molar-refractivity contribution is -0.143. The molecule has 2 aliphatic heterocycles. The zero-order valence-corrected chi connectivity index (χ0v) is 11.9. The minimum absolute atomic E-state index is 0.157. The van der Waals surface area contributed by atoms with Gasteiger partial charge in [0, 0.05) is 12.6 Å². The van der Waals surface area contributed by atoms with Crippen LogP contribution in [0.5, 0.6) is 0 Å². The molecular formula is C15H16F2N2O2. The van der Waals surface area contributed by atoms with Crippen LogP contribution in [-0.4, -0.2) is 35.3 Å². The van der Waals surface area contributed by atoms with Crippen LogP contribution in [0.15, 0.2) is 12.1 Å². The fraction of sp³-hybridized carbons (Fsp3) is 0.467. The van der Waals surface area contributed by atoms with Crippen LogP contribution in [-0.2, 0) is 9.59 Å². The number of halogens is 2. The van der Waals surface area contributed by atoms with Crippen molar-refractivity contribution in [2.45, 2.75) is 38.8 Å². The molecule has 2 aliphatic rings. The summed E-state index contributed by atoms with van der Waals surface area (Å²) in [6.07, 6.45) is 1.33. The summed E-state index contributed by atoms with van der Waals surface area (Å²) in [7, 11) is 0. The van der Waals surface area contributed by atoms with Gasteiger partial charge in [0.25, 0.3) is 5.91 Å². The first-order chi connectivity index (χ1) is 9.91. The van der Waals surface area contributed by atoms with E-state index in [0.717, 1.165) is 23.5 Å². The first kappa shape index (κ1) is 14.0. The average Bonchev–Trinajstić information content (AvgIpc) is 2.92. The maximum Gasteiger partial charge on any atom is 0.250 e. The minimum Gasteiger partial charge on any atom is -0.329 e. The highest BCUT2D eigenvalue weighted by Gasteiger charge is 2.47. The van der Waals surface area contributed by atoms with Gasteiger partial charge in [0.2, 0.25) is 5.91 Å². The number of benzene rings is 1. The van der Waals surface area contributed by atoms with E-state index >= 15 is 0 Å². The molecule has 0 aliphatic carbocycles. The molecule has 112 valence electrons. The van der Waals surface area contributed by atoms with E-state index < -0.39 is 23.7 Å². The van der Waals surface area contributed by atoms with E-state index in [0.29, 0.717) is 13.0 Å². The van der Waals surface area contributed by atoms with Crippen molar-refractivity contribution in [1.82, 2.24) is 4.90 Å². The van der Waals surface area contributed by atoms with Gasteiger partial charge in [-0.25, -0.2) is 8.78 Å². The number of rotatable bonds is 1. The first-order valence-electron chi connectivity index (χ1n) is 7.01. The third kappa shape index (κ3) is 2.01. The lowest BCUT2D eigenvalue weighted by Crippen LogP contribution is -2.62. The lowest BCUT2D eigenvalue weighted by atomic mass is 10.0. The van der Waals surface area contributed by atoms with E-state index in [4.69, 9.17) is 0 Å². The maximum absolute atomic E-state index is 14.1. The van der Waals surface area contributed by atoms with Crippen molar-refractivity contribution >= 4 is 17.5 Å². The van der Waals surface area contributed by atoms with E-state index in [9.17, 15) is 18.4 Å². The van der Waals surface area contributed by atoms with Crippen LogP contribution in [0.1, 0.15) is 25.3 Å². The summed E-state index contributed by atoms with van der Waals surface area (Å²) < 4.78 is 27.9.